The fraction of sp³-hybridized carbons (Fsp3) is 0.296. The van der Waals surface area contributed by atoms with Crippen LogP contribution in [0, 0.1) is 11.7 Å². The molecule has 0 saturated heterocycles. The summed E-state index contributed by atoms with van der Waals surface area (Å²) in [6, 6.07) is 19.3. The zero-order valence-corrected chi connectivity index (χ0v) is 19.3. The molecule has 3 atom stereocenters. The second-order valence-corrected chi connectivity index (χ2v) is 8.96. The number of ether oxygens (including phenoxy) is 2. The maximum atomic E-state index is 16.7. The number of rotatable bonds is 9. The number of halogens is 3. The van der Waals surface area contributed by atoms with Crippen LogP contribution in [-0.4, -0.2) is 30.0 Å². The van der Waals surface area contributed by atoms with Gasteiger partial charge in [0.25, 0.3) is 0 Å². The largest absolute Gasteiger partial charge is 0.467 e. The third kappa shape index (κ3) is 5.08. The summed E-state index contributed by atoms with van der Waals surface area (Å²) in [6.45, 7) is 0. The first-order chi connectivity index (χ1) is 16.3. The Bertz CT molecular complexity index is 1140. The fourth-order valence-corrected chi connectivity index (χ4v) is 4.45. The average Bonchev–Trinajstić information content (AvgIpc) is 3.67. The minimum Gasteiger partial charge on any atom is -0.467 e. The predicted molar refractivity (Wildman–Crippen MR) is 125 cm³/mol. The van der Waals surface area contributed by atoms with E-state index in [4.69, 9.17) is 21.1 Å². The zero-order valence-electron chi connectivity index (χ0n) is 18.6. The van der Waals surface area contributed by atoms with Crippen molar-refractivity contribution >= 4 is 17.6 Å². The molecule has 1 aliphatic carbocycles. The summed E-state index contributed by atoms with van der Waals surface area (Å²) in [5, 5.41) is 11.6. The van der Waals surface area contributed by atoms with Crippen molar-refractivity contribution in [3.05, 3.63) is 94.8 Å². The molecule has 0 spiro atoms. The molecule has 0 aromatic heterocycles. The third-order valence-electron chi connectivity index (χ3n) is 6.15. The van der Waals surface area contributed by atoms with E-state index in [1.807, 2.05) is 0 Å². The van der Waals surface area contributed by atoms with E-state index >= 15 is 4.39 Å². The first kappa shape index (κ1) is 24.2. The lowest BCUT2D eigenvalue weighted by atomic mass is 9.75. The molecule has 0 radical (unpaired) electrons. The van der Waals surface area contributed by atoms with Crippen LogP contribution in [-0.2, 0) is 16.0 Å². The maximum Gasteiger partial charge on any atom is 0.347 e. The van der Waals surface area contributed by atoms with Crippen LogP contribution < -0.4 is 4.74 Å². The number of aliphatic hydroxyl groups excluding tert-OH is 1. The minimum atomic E-state index is -2.71. The van der Waals surface area contributed by atoms with E-state index in [-0.39, 0.29) is 18.1 Å². The number of hydrogen-bond donors (Lipinski definition) is 1. The van der Waals surface area contributed by atoms with Gasteiger partial charge in [0, 0.05) is 17.4 Å². The van der Waals surface area contributed by atoms with E-state index in [9.17, 15) is 14.3 Å². The van der Waals surface area contributed by atoms with Gasteiger partial charge in [0.15, 0.2) is 11.6 Å². The number of methoxy groups -OCH3 is 1. The Balaban J connectivity index is 1.64. The molecule has 0 amide bonds. The lowest BCUT2D eigenvalue weighted by Gasteiger charge is -2.36. The van der Waals surface area contributed by atoms with Crippen molar-refractivity contribution in [3.63, 3.8) is 0 Å². The fourth-order valence-electron chi connectivity index (χ4n) is 4.32. The molecule has 0 heterocycles. The third-order valence-corrected chi connectivity index (χ3v) is 6.41. The molecular weight excluding hydrogens is 462 g/mol. The van der Waals surface area contributed by atoms with Gasteiger partial charge in [-0.15, -0.1) is 0 Å². The normalized spacial score (nSPS) is 16.9. The van der Waals surface area contributed by atoms with Crippen molar-refractivity contribution in [1.82, 2.24) is 0 Å². The quantitative estimate of drug-likeness (QED) is 0.363. The molecule has 1 aliphatic rings. The van der Waals surface area contributed by atoms with E-state index in [0.29, 0.717) is 21.9 Å². The molecule has 0 bridgehead atoms. The average molecular weight is 487 g/mol. The van der Waals surface area contributed by atoms with Crippen molar-refractivity contribution in [3.8, 4) is 11.5 Å². The van der Waals surface area contributed by atoms with Gasteiger partial charge >= 0.3 is 5.97 Å². The Morgan fingerprint density at radius 3 is 2.41 bits per heavy atom. The van der Waals surface area contributed by atoms with Crippen LogP contribution in [0.2, 0.25) is 5.02 Å². The first-order valence-corrected chi connectivity index (χ1v) is 11.4. The standard InChI is InChI=1S/C27H25ClF2O4/c1-33-26(32)27(30,25(18-8-9-18)19-10-12-20(28)13-11-19)24(31)16-17-7-14-22(29)23(15-17)34-21-5-3-2-4-6-21/h2-7,10-15,18,24-25,31H,8-9,16H2,1H3/t24?,25-,27?/m1/s1. The number of alkyl halides is 1. The second kappa shape index (κ2) is 10.1. The number of benzene rings is 3. The highest BCUT2D eigenvalue weighted by atomic mass is 35.5. The molecule has 7 heteroatoms. The van der Waals surface area contributed by atoms with E-state index in [1.54, 1.807) is 54.6 Å². The first-order valence-electron chi connectivity index (χ1n) is 11.0. The van der Waals surface area contributed by atoms with Crippen LogP contribution in [0.4, 0.5) is 8.78 Å². The topological polar surface area (TPSA) is 55.8 Å². The van der Waals surface area contributed by atoms with Crippen molar-refractivity contribution < 1.29 is 28.2 Å². The van der Waals surface area contributed by atoms with Crippen molar-refractivity contribution in [1.29, 1.82) is 0 Å². The van der Waals surface area contributed by atoms with E-state index < -0.39 is 29.5 Å². The van der Waals surface area contributed by atoms with Crippen molar-refractivity contribution in [2.24, 2.45) is 5.92 Å². The molecule has 0 aliphatic heterocycles. The van der Waals surface area contributed by atoms with Gasteiger partial charge in [0.2, 0.25) is 5.67 Å². The van der Waals surface area contributed by atoms with Crippen LogP contribution in [0.3, 0.4) is 0 Å². The highest BCUT2D eigenvalue weighted by Crippen LogP contribution is 2.52. The van der Waals surface area contributed by atoms with Gasteiger partial charge in [0.1, 0.15) is 11.9 Å². The van der Waals surface area contributed by atoms with Gasteiger partial charge in [-0.2, -0.15) is 0 Å². The minimum absolute atomic E-state index is 0.0603. The molecular formula is C27H25ClF2O4. The predicted octanol–water partition coefficient (Wildman–Crippen LogP) is 6.25. The number of aliphatic hydroxyl groups is 1. The molecule has 3 aromatic carbocycles. The highest BCUT2D eigenvalue weighted by Gasteiger charge is 2.58. The molecule has 1 N–H and O–H groups in total. The van der Waals surface area contributed by atoms with E-state index in [1.165, 1.54) is 18.2 Å². The smallest absolute Gasteiger partial charge is 0.347 e. The molecule has 1 fully saturated rings. The molecule has 178 valence electrons. The number of hydrogen-bond acceptors (Lipinski definition) is 4. The van der Waals surface area contributed by atoms with Crippen LogP contribution >= 0.6 is 11.6 Å². The Labute approximate surface area is 202 Å². The van der Waals surface area contributed by atoms with Gasteiger partial charge in [-0.1, -0.05) is 48.0 Å². The number of carbonyl (C=O) groups is 1. The summed E-state index contributed by atoms with van der Waals surface area (Å²) in [7, 11) is 1.10. The SMILES string of the molecule is COC(=O)C(F)(C(O)Cc1ccc(F)c(Oc2ccccc2)c1)[C@@H](c1ccc(Cl)cc1)C1CC1. The van der Waals surface area contributed by atoms with Crippen molar-refractivity contribution in [2.75, 3.05) is 7.11 Å². The van der Waals surface area contributed by atoms with Gasteiger partial charge in [-0.3, -0.25) is 0 Å². The molecule has 4 nitrogen and oxygen atoms in total. The number of esters is 1. The maximum absolute atomic E-state index is 16.7. The van der Waals surface area contributed by atoms with E-state index in [2.05, 4.69) is 0 Å². The van der Waals surface area contributed by atoms with Crippen LogP contribution in [0.1, 0.15) is 29.9 Å². The lowest BCUT2D eigenvalue weighted by Crippen LogP contribution is -2.52. The van der Waals surface area contributed by atoms with Gasteiger partial charge in [-0.25, -0.2) is 13.6 Å². The molecule has 1 saturated carbocycles. The van der Waals surface area contributed by atoms with Gasteiger partial charge < -0.3 is 14.6 Å². The second-order valence-electron chi connectivity index (χ2n) is 8.53. The van der Waals surface area contributed by atoms with E-state index in [0.717, 1.165) is 20.0 Å². The number of carbonyl (C=O) groups excluding carboxylic acids is 1. The Kier molecular flexibility index (Phi) is 7.19. The summed E-state index contributed by atoms with van der Waals surface area (Å²) < 4.78 is 41.5. The van der Waals surface area contributed by atoms with Crippen LogP contribution in [0.5, 0.6) is 11.5 Å². The van der Waals surface area contributed by atoms with Gasteiger partial charge in [-0.05, 0) is 66.3 Å². The highest BCUT2D eigenvalue weighted by molar-refractivity contribution is 6.30. The Morgan fingerprint density at radius 2 is 1.79 bits per heavy atom. The van der Waals surface area contributed by atoms with Crippen LogP contribution in [0.25, 0.3) is 0 Å². The van der Waals surface area contributed by atoms with Gasteiger partial charge in [0.05, 0.1) is 7.11 Å². The summed E-state index contributed by atoms with van der Waals surface area (Å²) in [6.07, 6.45) is -0.521. The lowest BCUT2D eigenvalue weighted by molar-refractivity contribution is -0.167. The molecule has 34 heavy (non-hydrogen) atoms. The summed E-state index contributed by atoms with van der Waals surface area (Å²) >= 11 is 5.99. The Morgan fingerprint density at radius 1 is 1.12 bits per heavy atom. The summed E-state index contributed by atoms with van der Waals surface area (Å²) in [4.78, 5) is 12.8. The zero-order chi connectivity index (χ0) is 24.3. The molecule has 3 aromatic rings. The Hall–Kier alpha value is -2.96. The molecule has 2 unspecified atom stereocenters. The molecule has 4 rings (SSSR count). The summed E-state index contributed by atoms with van der Waals surface area (Å²) in [5.74, 6) is -2.40. The monoisotopic (exact) mass is 486 g/mol. The number of para-hydroxylation sites is 1. The summed E-state index contributed by atoms with van der Waals surface area (Å²) in [5.41, 5.74) is -1.74. The van der Waals surface area contributed by atoms with Crippen molar-refractivity contribution in [2.45, 2.75) is 37.0 Å². The van der Waals surface area contributed by atoms with Crippen LogP contribution in [0.15, 0.2) is 72.8 Å².